The van der Waals surface area contributed by atoms with Crippen LogP contribution < -0.4 is 59.1 Å². The summed E-state index contributed by atoms with van der Waals surface area (Å²) in [4.78, 5) is 155. The lowest BCUT2D eigenvalue weighted by Gasteiger charge is -2.35. The first kappa shape index (κ1) is 100. The number of carboxylic acid groups (broad SMARTS) is 2. The monoisotopic (exact) mass is 1730 g/mol. The Balaban J connectivity index is 0.000000490. The molecular formula is C82H111F2N15O16S4. The van der Waals surface area contributed by atoms with Crippen molar-refractivity contribution in [3.05, 3.63) is 175 Å². The molecule has 2 aliphatic rings. The highest BCUT2D eigenvalue weighted by atomic mass is 32.1. The van der Waals surface area contributed by atoms with Crippen molar-refractivity contribution in [2.24, 2.45) is 56.8 Å². The van der Waals surface area contributed by atoms with Crippen molar-refractivity contribution in [2.75, 3.05) is 92.9 Å². The number of ketones is 2. The molecule has 31 nitrogen and oxygen atoms in total. The molecule has 648 valence electrons. The van der Waals surface area contributed by atoms with E-state index in [2.05, 4.69) is 31.3 Å². The van der Waals surface area contributed by atoms with Gasteiger partial charge in [0.05, 0.1) is 28.5 Å². The molecule has 2 aromatic heterocycles. The van der Waals surface area contributed by atoms with Gasteiger partial charge in [0.1, 0.15) is 48.4 Å². The number of hydrogen-bond donors (Lipinski definition) is 9. The molecule has 119 heavy (non-hydrogen) atoms. The highest BCUT2D eigenvalue weighted by Crippen LogP contribution is 2.30. The first-order valence-corrected chi connectivity index (χ1v) is 38.3. The number of piperazine rings is 2. The van der Waals surface area contributed by atoms with Gasteiger partial charge in [-0.05, 0) is 117 Å². The van der Waals surface area contributed by atoms with Crippen molar-refractivity contribution in [3.8, 4) is 0 Å². The van der Waals surface area contributed by atoms with Crippen molar-refractivity contribution < 1.29 is 76.4 Å². The molecule has 12 N–H and O–H groups in total. The fourth-order valence-electron chi connectivity index (χ4n) is 13.2. The predicted octanol–water partition coefficient (Wildman–Crippen LogP) is 9.72. The molecular weight excluding hydrogens is 1620 g/mol. The Morgan fingerprint density at radius 2 is 0.950 bits per heavy atom. The summed E-state index contributed by atoms with van der Waals surface area (Å²) >= 11 is 0. The van der Waals surface area contributed by atoms with Crippen LogP contribution >= 0.6 is 54.0 Å². The average Bonchev–Trinajstić information content (AvgIpc) is 0.767. The number of ether oxygens (including phenoxy) is 3. The summed E-state index contributed by atoms with van der Waals surface area (Å²) in [7, 11) is 1.58. The second-order valence-corrected chi connectivity index (χ2v) is 28.8. The Kier molecular flexibility index (Phi) is 40.6. The largest absolute Gasteiger partial charge is 0.477 e. The molecule has 5 aromatic carbocycles. The maximum atomic E-state index is 15.3. The zero-order valence-electron chi connectivity index (χ0n) is 68.0. The van der Waals surface area contributed by atoms with E-state index in [9.17, 15) is 63.0 Å². The summed E-state index contributed by atoms with van der Waals surface area (Å²) in [5, 5.41) is 30.2. The number of guanidine groups is 2. The van der Waals surface area contributed by atoms with Crippen LogP contribution in [0.25, 0.3) is 21.8 Å². The van der Waals surface area contributed by atoms with Gasteiger partial charge in [0.15, 0.2) is 17.7 Å². The van der Waals surface area contributed by atoms with Crippen LogP contribution in [0.2, 0.25) is 0 Å². The quantitative estimate of drug-likeness (QED) is 0.00799. The van der Waals surface area contributed by atoms with E-state index in [0.29, 0.717) is 91.5 Å². The Morgan fingerprint density at radius 1 is 0.538 bits per heavy atom. The third kappa shape index (κ3) is 28.3. The maximum Gasteiger partial charge on any atom is 0.410 e. The van der Waals surface area contributed by atoms with Crippen LogP contribution in [0.3, 0.4) is 0 Å². The molecule has 2 saturated heterocycles. The normalized spacial score (nSPS) is 13.6. The number of carbonyl (C=O) groups excluding carboxylic acids is 7. The fraction of sp³-hybridized carbons (Fsp3) is 0.427. The van der Waals surface area contributed by atoms with E-state index < -0.39 is 87.6 Å². The number of carboxylic acids is 2. The number of aliphatic imine (C=N–C) groups is 2. The van der Waals surface area contributed by atoms with Crippen molar-refractivity contribution in [1.82, 2.24) is 29.6 Å². The van der Waals surface area contributed by atoms with E-state index in [-0.39, 0.29) is 202 Å². The number of amides is 5. The smallest absolute Gasteiger partial charge is 0.410 e. The van der Waals surface area contributed by atoms with E-state index >= 15 is 8.78 Å². The number of aryl methyl sites for hydroxylation is 2. The van der Waals surface area contributed by atoms with Crippen molar-refractivity contribution in [3.63, 3.8) is 0 Å². The molecule has 0 unspecified atom stereocenters. The number of nitrogens with zero attached hydrogens (tertiary/aromatic N) is 8. The van der Waals surface area contributed by atoms with E-state index in [4.69, 9.17) is 31.4 Å². The van der Waals surface area contributed by atoms with Crippen LogP contribution in [-0.2, 0) is 66.3 Å². The van der Waals surface area contributed by atoms with Gasteiger partial charge in [-0.1, -0.05) is 89.2 Å². The fourth-order valence-corrected chi connectivity index (χ4v) is 13.2. The number of aromatic nitrogens is 2. The van der Waals surface area contributed by atoms with Gasteiger partial charge in [-0.2, -0.15) is 54.0 Å². The minimum absolute atomic E-state index is 0. The van der Waals surface area contributed by atoms with Gasteiger partial charge in [-0.3, -0.25) is 38.8 Å². The topological polar surface area (TPSA) is 430 Å². The molecule has 2 aliphatic heterocycles. The number of rotatable bonds is 33. The molecule has 4 heterocycles. The van der Waals surface area contributed by atoms with E-state index in [0.717, 1.165) is 17.7 Å². The van der Waals surface area contributed by atoms with Crippen LogP contribution in [0.15, 0.2) is 135 Å². The number of carbonyl (C=O) groups is 9. The third-order valence-electron chi connectivity index (χ3n) is 20.3. The van der Waals surface area contributed by atoms with Crippen molar-refractivity contribution in [1.29, 1.82) is 0 Å². The summed E-state index contributed by atoms with van der Waals surface area (Å²) in [5.41, 5.74) is 18.7. The zero-order chi connectivity index (χ0) is 83.7. The number of benzene rings is 5. The number of alkyl carbamates (subject to hydrolysis) is 1. The minimum Gasteiger partial charge on any atom is -0.477 e. The van der Waals surface area contributed by atoms with Crippen LogP contribution in [-0.4, -0.2) is 173 Å². The molecule has 0 aliphatic carbocycles. The van der Waals surface area contributed by atoms with Gasteiger partial charge >= 0.3 is 30.2 Å². The Bertz CT molecular complexity index is 4830. The highest BCUT2D eigenvalue weighted by Gasteiger charge is 2.33. The first-order chi connectivity index (χ1) is 54.9. The first-order valence-electron chi connectivity index (χ1n) is 38.3. The summed E-state index contributed by atoms with van der Waals surface area (Å²) in [6.45, 7) is 16.7. The van der Waals surface area contributed by atoms with Crippen molar-refractivity contribution >= 4 is 164 Å². The molecule has 9 rings (SSSR count). The molecule has 2 fully saturated rings. The van der Waals surface area contributed by atoms with Crippen LogP contribution in [0.5, 0.6) is 0 Å². The summed E-state index contributed by atoms with van der Waals surface area (Å²) in [6, 6.07) is 27.1. The molecule has 0 radical (unpaired) electrons. The number of pyridine rings is 2. The van der Waals surface area contributed by atoms with E-state index in [1.165, 1.54) is 28.3 Å². The third-order valence-corrected chi connectivity index (χ3v) is 20.3. The summed E-state index contributed by atoms with van der Waals surface area (Å²) < 4.78 is 50.2. The number of nitrogens with one attached hydrogen (secondary N) is 4. The average molecular weight is 1730 g/mol. The van der Waals surface area contributed by atoms with Crippen LogP contribution in [0, 0.1) is 41.2 Å². The lowest BCUT2D eigenvalue weighted by Crippen LogP contribution is -2.49. The van der Waals surface area contributed by atoms with Gasteiger partial charge in [0.2, 0.25) is 22.7 Å². The minimum atomic E-state index is -1.39. The molecule has 4 atom stereocenters. The SMILES string of the molecule is CCn1cc(C(=O)O)c(=O)c2cc(F)c(N3CCN(C(=O)OCc4ccc(NC(=O)[C@H](CCCN=C(N)N)CC(=O)[C@@H](NC(=O)OCc5ccccc5)C(C)C)cc4)CC3)cc21.CCn1cc(C(=O)O)c(=O)c2cc(F)c(N3CCN(C(=O)OCc4ccc(NC(=O)[C@H](CCCNC(N)=NC)CC(=O)[C@@H](C)C(C)C)cc4)CC3)cc21.S.S.S.S. The maximum absolute atomic E-state index is 15.3. The number of fused-ring (bicyclic) bond motifs is 2. The molecule has 0 spiro atoms. The van der Waals surface area contributed by atoms with Gasteiger partial charge in [-0.15, -0.1) is 0 Å². The van der Waals surface area contributed by atoms with Gasteiger partial charge in [0.25, 0.3) is 0 Å². The Morgan fingerprint density at radius 3 is 1.34 bits per heavy atom. The molecule has 7 aromatic rings. The predicted molar refractivity (Wildman–Crippen MR) is 475 cm³/mol. The van der Waals surface area contributed by atoms with Crippen LogP contribution in [0.4, 0.5) is 45.9 Å². The van der Waals surface area contributed by atoms with Gasteiger partial charge in [-0.25, -0.2) is 32.8 Å². The lowest BCUT2D eigenvalue weighted by molar-refractivity contribution is -0.129. The number of hydrogen-bond acceptors (Lipinski definition) is 18. The second kappa shape index (κ2) is 48.1. The highest BCUT2D eigenvalue weighted by molar-refractivity contribution is 7.59. The second-order valence-electron chi connectivity index (χ2n) is 28.8. The number of halogens is 2. The number of Topliss-reactive ketones (excluding diaryl/α,β-unsaturated/α-hetero) is 2. The number of aromatic carboxylic acids is 2. The molecule has 0 bridgehead atoms. The zero-order valence-corrected chi connectivity index (χ0v) is 72.0. The number of nitrogens with two attached hydrogens (primary N) is 3. The Labute approximate surface area is 717 Å². The molecule has 37 heteroatoms. The summed E-state index contributed by atoms with van der Waals surface area (Å²) in [5.74, 6) is -6.38. The lowest BCUT2D eigenvalue weighted by atomic mass is 9.86. The molecule has 0 saturated carbocycles. The standard InChI is InChI=1S/C44H53FN8O9.C38H50FN7O7.4H2S/c1-4-51-24-33(41(57)58)39(55)32-22-34(45)36(23-35(32)51)52-17-19-53(20-18-52)44(60)62-26-29-12-14-31(15-13-29)49-40(56)30(11-8-16-48-42(46)47)21-37(54)38(27(2)3)50-43(59)61-25-28-9-6-5-7-10-28;1-6-44-21-29(36(50)51)34(48)28-19-30(39)32(20-31(28)44)45-14-16-46(17-15-45)38(52)53-22-25-9-11-27(12-10-25)43-35(49)26(8-7-13-42-37(40)41-5)18-33(47)24(4)23(2)3;;;;/h5-7,9-10,12-15,22-24,27,30,38H,4,8,11,16-21,25-26H2,1-3H3,(H,49,56)(H,50,59)(H,57,58)(H4,46,47,48);9-12,19-21,23-24,26H,6-8,13-18,22H2,1-5H3,(H,43,49)(H,50,51)(H3,40,41,42);4*1H2/t30-,38+;24-,26+;;;;/m10..../s1. The van der Waals surface area contributed by atoms with Gasteiger partial charge in [0, 0.05) is 151 Å². The molecule has 5 amide bonds. The van der Waals surface area contributed by atoms with Crippen molar-refractivity contribution in [2.45, 2.75) is 126 Å². The Hall–Kier alpha value is -11.1. The van der Waals surface area contributed by atoms with E-state index in [1.807, 2.05) is 51.1 Å². The summed E-state index contributed by atoms with van der Waals surface area (Å²) in [6.07, 6.45) is 2.48. The van der Waals surface area contributed by atoms with Gasteiger partial charge < -0.3 is 91.6 Å². The number of anilines is 4. The van der Waals surface area contributed by atoms with E-state index in [1.54, 1.807) is 108 Å². The van der Waals surface area contributed by atoms with Crippen LogP contribution in [0.1, 0.15) is 124 Å².